The number of halogens is 1. The summed E-state index contributed by atoms with van der Waals surface area (Å²) in [5.74, 6) is 0.892. The zero-order valence-corrected chi connectivity index (χ0v) is 18.4. The zero-order valence-electron chi connectivity index (χ0n) is 16.0. The molecule has 1 aromatic heterocycles. The molecule has 0 fully saturated rings. The van der Waals surface area contributed by atoms with Crippen LogP contribution in [0, 0.1) is 0 Å². The summed E-state index contributed by atoms with van der Waals surface area (Å²) in [5.41, 5.74) is 1.24. The molecule has 0 radical (unpaired) electrons. The van der Waals surface area contributed by atoms with Gasteiger partial charge in [0.2, 0.25) is 0 Å². The molecule has 0 spiro atoms. The van der Waals surface area contributed by atoms with Crippen molar-refractivity contribution in [1.29, 1.82) is 0 Å². The second-order valence-electron chi connectivity index (χ2n) is 6.39. The van der Waals surface area contributed by atoms with E-state index in [1.54, 1.807) is 0 Å². The Morgan fingerprint density at radius 1 is 1.25 bits per heavy atom. The van der Waals surface area contributed by atoms with Gasteiger partial charge in [0.15, 0.2) is 5.96 Å². The number of rotatable bonds is 9. The number of hydrogen-bond acceptors (Lipinski definition) is 3. The molecule has 0 atom stereocenters. The number of nitrogens with zero attached hydrogens (tertiary/aromatic N) is 4. The number of guanidine groups is 1. The Labute approximate surface area is 164 Å². The normalized spacial score (nSPS) is 12.0. The third kappa shape index (κ3) is 8.86. The van der Waals surface area contributed by atoms with E-state index in [4.69, 9.17) is 0 Å². The molecule has 0 saturated heterocycles. The first kappa shape index (κ1) is 23.2. The molecule has 1 rings (SSSR count). The minimum Gasteiger partial charge on any atom is -0.357 e. The third-order valence-corrected chi connectivity index (χ3v) is 3.76. The second-order valence-corrected chi connectivity index (χ2v) is 6.39. The van der Waals surface area contributed by atoms with Gasteiger partial charge in [-0.05, 0) is 46.6 Å². The first-order chi connectivity index (χ1) is 10.9. The smallest absolute Gasteiger partial charge is 0.191 e. The van der Waals surface area contributed by atoms with Crippen molar-refractivity contribution in [3.05, 3.63) is 18.0 Å². The van der Waals surface area contributed by atoms with Crippen molar-refractivity contribution >= 4 is 29.9 Å². The molecular weight excluding hydrogens is 415 g/mol. The van der Waals surface area contributed by atoms with Crippen LogP contribution in [-0.2, 0) is 13.5 Å². The predicted octanol–water partition coefficient (Wildman–Crippen LogP) is 2.25. The van der Waals surface area contributed by atoms with Gasteiger partial charge in [0, 0.05) is 45.0 Å². The van der Waals surface area contributed by atoms with Gasteiger partial charge in [-0.3, -0.25) is 14.6 Å². The summed E-state index contributed by atoms with van der Waals surface area (Å²) in [4.78, 5) is 7.15. The van der Waals surface area contributed by atoms with Gasteiger partial charge < -0.3 is 10.6 Å². The van der Waals surface area contributed by atoms with E-state index in [9.17, 15) is 0 Å². The number of aliphatic imine (C=N–C) groups is 1. The Bertz CT molecular complexity index is 461. The van der Waals surface area contributed by atoms with Gasteiger partial charge in [0.1, 0.15) is 0 Å². The summed E-state index contributed by atoms with van der Waals surface area (Å²) in [6.07, 6.45) is 4.91. The minimum atomic E-state index is 0. The number of nitrogens with one attached hydrogen (secondary N) is 2. The van der Waals surface area contributed by atoms with Crippen molar-refractivity contribution in [2.24, 2.45) is 12.0 Å². The van der Waals surface area contributed by atoms with E-state index in [0.29, 0.717) is 12.1 Å². The lowest BCUT2D eigenvalue weighted by Crippen LogP contribution is -2.41. The molecule has 24 heavy (non-hydrogen) atoms. The maximum absolute atomic E-state index is 4.69. The Balaban J connectivity index is 0.00000529. The lowest BCUT2D eigenvalue weighted by atomic mass is 10.2. The van der Waals surface area contributed by atoms with Crippen LogP contribution in [0.5, 0.6) is 0 Å². The molecule has 1 heterocycles. The lowest BCUT2D eigenvalue weighted by molar-refractivity contribution is 0.181. The maximum Gasteiger partial charge on any atom is 0.191 e. The highest BCUT2D eigenvalue weighted by molar-refractivity contribution is 14.0. The summed E-state index contributed by atoms with van der Waals surface area (Å²) in [5, 5.41) is 10.9. The van der Waals surface area contributed by atoms with E-state index < -0.39 is 0 Å². The van der Waals surface area contributed by atoms with E-state index >= 15 is 0 Å². The van der Waals surface area contributed by atoms with Gasteiger partial charge in [0.05, 0.1) is 12.7 Å². The minimum absolute atomic E-state index is 0. The molecular formula is C17H35IN6. The van der Waals surface area contributed by atoms with Gasteiger partial charge in [-0.1, -0.05) is 0 Å². The van der Waals surface area contributed by atoms with Gasteiger partial charge in [-0.15, -0.1) is 24.0 Å². The number of aromatic nitrogens is 2. The van der Waals surface area contributed by atoms with Crippen molar-refractivity contribution in [3.8, 4) is 0 Å². The number of aryl methyl sites for hydroxylation is 1. The highest BCUT2D eigenvalue weighted by Gasteiger charge is 2.12. The SMILES string of the molecule is CCNC(=NCCN(C(C)C)C(C)C)NCCc1cnn(C)c1.I. The first-order valence-electron chi connectivity index (χ1n) is 8.69. The van der Waals surface area contributed by atoms with E-state index in [1.807, 2.05) is 17.9 Å². The van der Waals surface area contributed by atoms with Crippen LogP contribution in [0.2, 0.25) is 0 Å². The summed E-state index contributed by atoms with van der Waals surface area (Å²) < 4.78 is 1.83. The standard InChI is InChI=1S/C17H34N6.HI/c1-7-18-17(19-9-8-16-12-21-22(6)13-16)20-10-11-23(14(2)3)15(4)5;/h12-15H,7-11H2,1-6H3,(H2,18,19,20);1H. The molecule has 140 valence electrons. The molecule has 0 aliphatic rings. The Morgan fingerprint density at radius 3 is 2.42 bits per heavy atom. The first-order valence-corrected chi connectivity index (χ1v) is 8.69. The molecule has 7 heteroatoms. The van der Waals surface area contributed by atoms with Gasteiger partial charge in [-0.25, -0.2) is 0 Å². The van der Waals surface area contributed by atoms with Crippen LogP contribution in [0.3, 0.4) is 0 Å². The Kier molecular flexibility index (Phi) is 12.1. The zero-order chi connectivity index (χ0) is 17.2. The molecule has 2 N–H and O–H groups in total. The quantitative estimate of drug-likeness (QED) is 0.344. The highest BCUT2D eigenvalue weighted by Crippen LogP contribution is 2.03. The summed E-state index contributed by atoms with van der Waals surface area (Å²) in [6.45, 7) is 14.6. The van der Waals surface area contributed by atoms with E-state index in [-0.39, 0.29) is 24.0 Å². The third-order valence-electron chi connectivity index (χ3n) is 3.76. The van der Waals surface area contributed by atoms with Crippen molar-refractivity contribution in [3.63, 3.8) is 0 Å². The van der Waals surface area contributed by atoms with Gasteiger partial charge in [-0.2, -0.15) is 5.10 Å². The van der Waals surface area contributed by atoms with Crippen molar-refractivity contribution < 1.29 is 0 Å². The van der Waals surface area contributed by atoms with E-state index in [0.717, 1.165) is 38.6 Å². The fourth-order valence-corrected chi connectivity index (χ4v) is 2.66. The Hall–Kier alpha value is -0.830. The van der Waals surface area contributed by atoms with Crippen LogP contribution in [0.4, 0.5) is 0 Å². The molecule has 1 aromatic rings. The fraction of sp³-hybridized carbons (Fsp3) is 0.765. The average molecular weight is 450 g/mol. The second kappa shape index (κ2) is 12.5. The molecule has 0 bridgehead atoms. The van der Waals surface area contributed by atoms with Gasteiger partial charge in [0.25, 0.3) is 0 Å². The van der Waals surface area contributed by atoms with Crippen LogP contribution >= 0.6 is 24.0 Å². The summed E-state index contributed by atoms with van der Waals surface area (Å²) in [6, 6.07) is 1.10. The van der Waals surface area contributed by atoms with Crippen LogP contribution < -0.4 is 10.6 Å². The van der Waals surface area contributed by atoms with Crippen molar-refractivity contribution in [1.82, 2.24) is 25.3 Å². The molecule has 6 nitrogen and oxygen atoms in total. The maximum atomic E-state index is 4.69. The topological polar surface area (TPSA) is 57.5 Å². The van der Waals surface area contributed by atoms with Crippen molar-refractivity contribution in [2.75, 3.05) is 26.2 Å². The van der Waals surface area contributed by atoms with Crippen LogP contribution in [0.1, 0.15) is 40.2 Å². The monoisotopic (exact) mass is 450 g/mol. The summed E-state index contributed by atoms with van der Waals surface area (Å²) >= 11 is 0. The Morgan fingerprint density at radius 2 is 1.92 bits per heavy atom. The molecule has 0 aliphatic carbocycles. The molecule has 0 amide bonds. The molecule has 0 aromatic carbocycles. The predicted molar refractivity (Wildman–Crippen MR) is 113 cm³/mol. The lowest BCUT2D eigenvalue weighted by Gasteiger charge is -2.29. The van der Waals surface area contributed by atoms with Crippen LogP contribution in [-0.4, -0.2) is 58.9 Å². The van der Waals surface area contributed by atoms with E-state index in [1.165, 1.54) is 5.56 Å². The largest absolute Gasteiger partial charge is 0.357 e. The number of hydrogen-bond donors (Lipinski definition) is 2. The molecule has 0 saturated carbocycles. The average Bonchev–Trinajstić information content (AvgIpc) is 2.88. The van der Waals surface area contributed by atoms with Gasteiger partial charge >= 0.3 is 0 Å². The molecule has 0 aliphatic heterocycles. The molecule has 0 unspecified atom stereocenters. The van der Waals surface area contributed by atoms with Crippen molar-refractivity contribution in [2.45, 2.75) is 53.1 Å². The van der Waals surface area contributed by atoms with Crippen LogP contribution in [0.15, 0.2) is 17.4 Å². The summed E-state index contributed by atoms with van der Waals surface area (Å²) in [7, 11) is 1.94. The highest BCUT2D eigenvalue weighted by atomic mass is 127. The fourth-order valence-electron chi connectivity index (χ4n) is 2.66. The van der Waals surface area contributed by atoms with E-state index in [2.05, 4.69) is 66.4 Å². The van der Waals surface area contributed by atoms with Crippen LogP contribution in [0.25, 0.3) is 0 Å².